The molecule has 0 aromatic carbocycles. The molecule has 0 unspecified atom stereocenters. The normalized spacial score (nSPS) is 11.4. The van der Waals surface area contributed by atoms with Gasteiger partial charge in [-0.3, -0.25) is 4.72 Å². The van der Waals surface area contributed by atoms with E-state index in [1.807, 2.05) is 6.92 Å². The van der Waals surface area contributed by atoms with Gasteiger partial charge in [0.1, 0.15) is 5.00 Å². The second kappa shape index (κ2) is 6.38. The van der Waals surface area contributed by atoms with Gasteiger partial charge in [0, 0.05) is 4.88 Å². The predicted molar refractivity (Wildman–Crippen MR) is 77.5 cm³/mol. The van der Waals surface area contributed by atoms with E-state index in [1.165, 1.54) is 11.3 Å². The smallest absolute Gasteiger partial charge is 0.341 e. The van der Waals surface area contributed by atoms with Gasteiger partial charge in [0.25, 0.3) is 0 Å². The molecule has 0 spiro atoms. The van der Waals surface area contributed by atoms with Crippen molar-refractivity contribution in [2.75, 3.05) is 17.1 Å². The molecule has 0 saturated carbocycles. The number of hydrogen-bond acceptors (Lipinski definition) is 5. The minimum absolute atomic E-state index is 0.0330. The Labute approximate surface area is 118 Å². The summed E-state index contributed by atoms with van der Waals surface area (Å²) in [6, 6.07) is 0. The van der Waals surface area contributed by atoms with E-state index >= 15 is 0 Å². The standard InChI is InChI=1S/C12H19NO4S2/c1-5-7-19(15,16)13-11-10(12(14)17-6-2)8(3)9(4)18-11/h13H,5-7H2,1-4H3. The summed E-state index contributed by atoms with van der Waals surface area (Å²) in [7, 11) is -3.41. The Hall–Kier alpha value is -1.08. The molecule has 108 valence electrons. The third kappa shape index (κ3) is 3.94. The second-order valence-electron chi connectivity index (χ2n) is 4.13. The molecule has 0 amide bonds. The minimum Gasteiger partial charge on any atom is -0.462 e. The van der Waals surface area contributed by atoms with Crippen molar-refractivity contribution in [2.24, 2.45) is 0 Å². The Morgan fingerprint density at radius 2 is 1.95 bits per heavy atom. The molecule has 0 aliphatic rings. The molecule has 1 heterocycles. The molecule has 0 bridgehead atoms. The van der Waals surface area contributed by atoms with Crippen LogP contribution < -0.4 is 4.72 Å². The van der Waals surface area contributed by atoms with Crippen LogP contribution in [0.5, 0.6) is 0 Å². The van der Waals surface area contributed by atoms with Crippen LogP contribution in [0.25, 0.3) is 0 Å². The summed E-state index contributed by atoms with van der Waals surface area (Å²) < 4.78 is 31.0. The fraction of sp³-hybridized carbons (Fsp3) is 0.583. The maximum Gasteiger partial charge on any atom is 0.341 e. The molecule has 0 radical (unpaired) electrons. The van der Waals surface area contributed by atoms with Crippen molar-refractivity contribution in [1.82, 2.24) is 0 Å². The third-order valence-corrected chi connectivity index (χ3v) is 5.30. The maximum absolute atomic E-state index is 11.9. The average Bonchev–Trinajstić information content (AvgIpc) is 2.53. The lowest BCUT2D eigenvalue weighted by Gasteiger charge is -2.08. The van der Waals surface area contributed by atoms with Gasteiger partial charge in [-0.05, 0) is 32.8 Å². The van der Waals surface area contributed by atoms with Gasteiger partial charge in [-0.15, -0.1) is 11.3 Å². The summed E-state index contributed by atoms with van der Waals surface area (Å²) in [6.07, 6.45) is 0.521. The quantitative estimate of drug-likeness (QED) is 0.820. The van der Waals surface area contributed by atoms with Gasteiger partial charge in [-0.25, -0.2) is 13.2 Å². The highest BCUT2D eigenvalue weighted by Crippen LogP contribution is 2.33. The number of sulfonamides is 1. The molecule has 0 aliphatic heterocycles. The Morgan fingerprint density at radius 3 is 2.47 bits per heavy atom. The van der Waals surface area contributed by atoms with Gasteiger partial charge in [-0.1, -0.05) is 6.92 Å². The average molecular weight is 305 g/mol. The maximum atomic E-state index is 11.9. The number of carbonyl (C=O) groups excluding carboxylic acids is 1. The fourth-order valence-electron chi connectivity index (χ4n) is 1.61. The molecule has 0 aliphatic carbocycles. The van der Waals surface area contributed by atoms with Gasteiger partial charge < -0.3 is 4.74 Å². The second-order valence-corrected chi connectivity index (χ2v) is 7.20. The summed E-state index contributed by atoms with van der Waals surface area (Å²) >= 11 is 1.26. The highest BCUT2D eigenvalue weighted by Gasteiger charge is 2.23. The van der Waals surface area contributed by atoms with Crippen molar-refractivity contribution in [3.8, 4) is 0 Å². The van der Waals surface area contributed by atoms with E-state index < -0.39 is 16.0 Å². The first kappa shape index (κ1) is 16.0. The zero-order valence-electron chi connectivity index (χ0n) is 11.6. The van der Waals surface area contributed by atoms with Crippen LogP contribution in [0.4, 0.5) is 5.00 Å². The van der Waals surface area contributed by atoms with E-state index in [0.717, 1.165) is 10.4 Å². The Kier molecular flexibility index (Phi) is 5.37. The van der Waals surface area contributed by atoms with Crippen LogP contribution in [0.2, 0.25) is 0 Å². The van der Waals surface area contributed by atoms with Crippen LogP contribution in [0.3, 0.4) is 0 Å². The number of ether oxygens (including phenoxy) is 1. The number of esters is 1. The van der Waals surface area contributed by atoms with Gasteiger partial charge >= 0.3 is 5.97 Å². The summed E-state index contributed by atoms with van der Waals surface area (Å²) in [5.41, 5.74) is 1.08. The summed E-state index contributed by atoms with van der Waals surface area (Å²) in [4.78, 5) is 12.8. The predicted octanol–water partition coefficient (Wildman–Crippen LogP) is 2.69. The fourth-order valence-corrected chi connectivity index (χ4v) is 4.08. The van der Waals surface area contributed by atoms with E-state index in [9.17, 15) is 13.2 Å². The van der Waals surface area contributed by atoms with Gasteiger partial charge in [0.2, 0.25) is 10.0 Å². The van der Waals surface area contributed by atoms with Gasteiger partial charge in [0.05, 0.1) is 17.9 Å². The molecule has 0 fully saturated rings. The Bertz CT molecular complexity index is 561. The van der Waals surface area contributed by atoms with E-state index in [0.29, 0.717) is 17.0 Å². The molecule has 1 rings (SSSR count). The van der Waals surface area contributed by atoms with Crippen LogP contribution in [-0.4, -0.2) is 26.7 Å². The summed E-state index contributed by atoms with van der Waals surface area (Å²) in [6.45, 7) is 7.40. The highest BCUT2D eigenvalue weighted by atomic mass is 32.2. The van der Waals surface area contributed by atoms with Gasteiger partial charge in [-0.2, -0.15) is 0 Å². The number of hydrogen-bond donors (Lipinski definition) is 1. The van der Waals surface area contributed by atoms with E-state index in [4.69, 9.17) is 4.74 Å². The van der Waals surface area contributed by atoms with Crippen LogP contribution in [0.1, 0.15) is 41.1 Å². The summed E-state index contributed by atoms with van der Waals surface area (Å²) in [5.74, 6) is -0.454. The van der Waals surface area contributed by atoms with Crippen molar-refractivity contribution in [3.63, 3.8) is 0 Å². The van der Waals surface area contributed by atoms with Crippen LogP contribution in [0.15, 0.2) is 0 Å². The number of nitrogens with one attached hydrogen (secondary N) is 1. The monoisotopic (exact) mass is 305 g/mol. The molecular formula is C12H19NO4S2. The van der Waals surface area contributed by atoms with E-state index in [2.05, 4.69) is 4.72 Å². The SMILES string of the molecule is CCCS(=O)(=O)Nc1sc(C)c(C)c1C(=O)OCC. The first-order valence-electron chi connectivity index (χ1n) is 6.10. The summed E-state index contributed by atoms with van der Waals surface area (Å²) in [5, 5.41) is 0.349. The van der Waals surface area contributed by atoms with Crippen molar-refractivity contribution in [3.05, 3.63) is 16.0 Å². The van der Waals surface area contributed by atoms with Crippen LogP contribution >= 0.6 is 11.3 Å². The van der Waals surface area contributed by atoms with Crippen LogP contribution in [0, 0.1) is 13.8 Å². The lowest BCUT2D eigenvalue weighted by Crippen LogP contribution is -2.17. The highest BCUT2D eigenvalue weighted by molar-refractivity contribution is 7.92. The number of aryl methyl sites for hydroxylation is 1. The molecule has 1 aromatic heterocycles. The van der Waals surface area contributed by atoms with E-state index in [-0.39, 0.29) is 12.4 Å². The zero-order valence-corrected chi connectivity index (χ0v) is 13.2. The third-order valence-electron chi connectivity index (χ3n) is 2.59. The van der Waals surface area contributed by atoms with Crippen molar-refractivity contribution in [1.29, 1.82) is 0 Å². The molecular weight excluding hydrogens is 286 g/mol. The molecule has 7 heteroatoms. The molecule has 19 heavy (non-hydrogen) atoms. The number of thiophene rings is 1. The topological polar surface area (TPSA) is 72.5 Å². The first-order valence-corrected chi connectivity index (χ1v) is 8.56. The van der Waals surface area contributed by atoms with Crippen molar-refractivity contribution in [2.45, 2.75) is 34.1 Å². The number of anilines is 1. The number of rotatable bonds is 6. The van der Waals surface area contributed by atoms with Gasteiger partial charge in [0.15, 0.2) is 0 Å². The molecule has 0 saturated heterocycles. The van der Waals surface area contributed by atoms with Crippen LogP contribution in [-0.2, 0) is 14.8 Å². The molecule has 0 atom stereocenters. The minimum atomic E-state index is -3.41. The zero-order chi connectivity index (χ0) is 14.6. The number of carbonyl (C=O) groups is 1. The van der Waals surface area contributed by atoms with Crippen molar-refractivity contribution >= 4 is 32.3 Å². The molecule has 5 nitrogen and oxygen atoms in total. The Morgan fingerprint density at radius 1 is 1.32 bits per heavy atom. The Balaban J connectivity index is 3.15. The van der Waals surface area contributed by atoms with E-state index in [1.54, 1.807) is 20.8 Å². The molecule has 1 aromatic rings. The largest absolute Gasteiger partial charge is 0.462 e. The lowest BCUT2D eigenvalue weighted by atomic mass is 10.2. The first-order chi connectivity index (χ1) is 8.82. The lowest BCUT2D eigenvalue weighted by molar-refractivity contribution is 0.0527. The molecule has 1 N–H and O–H groups in total. The van der Waals surface area contributed by atoms with Crippen molar-refractivity contribution < 1.29 is 17.9 Å².